The SMILES string of the molecule is CC(C)[Si](C#Cc1c2nc(cc3[nH]c(c(C#C[Si](C(C)C)(C(C)C)C(C)C)c4nc(cc5[nH]c1c1ccccc51)-c1ccccc1-4)c1ccccc31)-c1ccccc1-2)(C(C)C)C(C)C. The van der Waals surface area contributed by atoms with Crippen molar-refractivity contribution in [1.82, 2.24) is 19.9 Å². The second-order valence-corrected chi connectivity index (χ2v) is 31.2. The van der Waals surface area contributed by atoms with Gasteiger partial charge in [-0.3, -0.25) is 0 Å². The van der Waals surface area contributed by atoms with Crippen LogP contribution < -0.4 is 0 Å². The monoisotopic (exact) mass is 870 g/mol. The molecule has 9 rings (SSSR count). The molecule has 322 valence electrons. The molecule has 0 amide bonds. The van der Waals surface area contributed by atoms with Gasteiger partial charge in [-0.15, -0.1) is 11.1 Å². The molecule has 0 aliphatic carbocycles. The molecule has 6 heteroatoms. The van der Waals surface area contributed by atoms with Gasteiger partial charge in [0, 0.05) is 54.8 Å². The number of fused-ring (bicyclic) bond motifs is 20. The van der Waals surface area contributed by atoms with Gasteiger partial charge >= 0.3 is 0 Å². The molecular formula is C58H62N4Si2. The van der Waals surface area contributed by atoms with E-state index in [0.717, 1.165) is 99.8 Å². The summed E-state index contributed by atoms with van der Waals surface area (Å²) in [7, 11) is -4.30. The van der Waals surface area contributed by atoms with Crippen LogP contribution in [0.25, 0.3) is 88.6 Å². The van der Waals surface area contributed by atoms with Crippen LogP contribution in [0.1, 0.15) is 94.2 Å². The zero-order valence-electron chi connectivity index (χ0n) is 39.8. The number of hydrogen-bond donors (Lipinski definition) is 2. The normalized spacial score (nSPS) is 12.7. The highest BCUT2D eigenvalue weighted by atomic mass is 28.3. The predicted octanol–water partition coefficient (Wildman–Crippen LogP) is 16.4. The largest absolute Gasteiger partial charge is 0.353 e. The predicted molar refractivity (Wildman–Crippen MR) is 281 cm³/mol. The van der Waals surface area contributed by atoms with Crippen LogP contribution in [0.2, 0.25) is 33.2 Å². The maximum atomic E-state index is 5.65. The average molecular weight is 871 g/mol. The summed E-state index contributed by atoms with van der Waals surface area (Å²) in [5.41, 5.74) is 25.0. The third-order valence-electron chi connectivity index (χ3n) is 14.9. The Hall–Kier alpha value is -5.93. The van der Waals surface area contributed by atoms with Gasteiger partial charge in [0.05, 0.1) is 44.9 Å². The van der Waals surface area contributed by atoms with E-state index >= 15 is 0 Å². The number of H-pyrrole nitrogens is 2. The molecule has 4 nitrogen and oxygen atoms in total. The van der Waals surface area contributed by atoms with Gasteiger partial charge in [0.2, 0.25) is 0 Å². The Kier molecular flexibility index (Phi) is 11.2. The van der Waals surface area contributed by atoms with Gasteiger partial charge in [0.15, 0.2) is 0 Å². The van der Waals surface area contributed by atoms with E-state index in [-0.39, 0.29) is 0 Å². The fraction of sp³-hybridized carbons (Fsp3) is 0.310. The molecule has 0 spiro atoms. The average Bonchev–Trinajstić information content (AvgIpc) is 4.02. The standard InChI is InChI=1S/C58H62N4Si2/c1-35(2)63(36(3)4,37(5)6)31-29-49-55-45-25-17-13-21-41(45)51(59-55)33-53-43-23-15-19-27-47(43)57(61-53)50(30-32-64(38(7)8,39(9)10)40(11)12)58-48-28-20-16-24-44(48)54(62-58)34-52-42-22-14-18-26-46(42)56(49)60-52/h13-28,33-40,59,62H,1-12H3. The maximum Gasteiger partial charge on any atom is 0.146 e. The molecule has 0 saturated heterocycles. The Morgan fingerprint density at radius 3 is 1.02 bits per heavy atom. The van der Waals surface area contributed by atoms with E-state index in [1.165, 1.54) is 0 Å². The van der Waals surface area contributed by atoms with Crippen LogP contribution in [-0.4, -0.2) is 36.1 Å². The second kappa shape index (κ2) is 16.6. The molecule has 3 aromatic heterocycles. The summed E-state index contributed by atoms with van der Waals surface area (Å²) in [6.07, 6.45) is 0. The van der Waals surface area contributed by atoms with Gasteiger partial charge in [-0.05, 0) is 45.4 Å². The van der Waals surface area contributed by atoms with Crippen molar-refractivity contribution < 1.29 is 0 Å². The molecule has 0 fully saturated rings. The van der Waals surface area contributed by atoms with Crippen molar-refractivity contribution in [1.29, 1.82) is 0 Å². The second-order valence-electron chi connectivity index (χ2n) is 20.0. The maximum absolute atomic E-state index is 5.65. The van der Waals surface area contributed by atoms with Gasteiger partial charge in [-0.1, -0.05) is 192 Å². The molecular weight excluding hydrogens is 809 g/mol. The van der Waals surface area contributed by atoms with Gasteiger partial charge in [0.1, 0.15) is 16.1 Å². The van der Waals surface area contributed by atoms with Crippen LogP contribution in [0.5, 0.6) is 0 Å². The Morgan fingerprint density at radius 1 is 0.391 bits per heavy atom. The molecule has 0 radical (unpaired) electrons. The lowest BCUT2D eigenvalue weighted by Crippen LogP contribution is -2.43. The lowest BCUT2D eigenvalue weighted by molar-refractivity contribution is 0.838. The molecule has 4 aromatic carbocycles. The van der Waals surface area contributed by atoms with E-state index in [0.29, 0.717) is 33.2 Å². The summed E-state index contributed by atoms with van der Waals surface area (Å²) in [4.78, 5) is 19.3. The van der Waals surface area contributed by atoms with Crippen molar-refractivity contribution in [2.45, 2.75) is 116 Å². The van der Waals surface area contributed by atoms with Crippen molar-refractivity contribution in [2.24, 2.45) is 0 Å². The lowest BCUT2D eigenvalue weighted by Gasteiger charge is -2.38. The highest BCUT2D eigenvalue weighted by molar-refractivity contribution is 6.91. The van der Waals surface area contributed by atoms with Gasteiger partial charge in [-0.25, -0.2) is 9.97 Å². The number of aromatic nitrogens is 4. The molecule has 2 aliphatic heterocycles. The Balaban J connectivity index is 1.54. The summed E-state index contributed by atoms with van der Waals surface area (Å²) in [5.74, 6) is 7.93. The number of rotatable bonds is 6. The fourth-order valence-corrected chi connectivity index (χ4v) is 22.3. The molecule has 0 unspecified atom stereocenters. The van der Waals surface area contributed by atoms with Crippen molar-refractivity contribution >= 4 is 59.8 Å². The Morgan fingerprint density at radius 2 is 0.688 bits per heavy atom. The van der Waals surface area contributed by atoms with Crippen molar-refractivity contribution in [3.63, 3.8) is 0 Å². The minimum Gasteiger partial charge on any atom is -0.353 e. The molecule has 2 aliphatic rings. The minimum absolute atomic E-state index is 0.483. The zero-order chi connectivity index (χ0) is 45.2. The van der Waals surface area contributed by atoms with Gasteiger partial charge in [0.25, 0.3) is 0 Å². The third-order valence-corrected chi connectivity index (χ3v) is 27.5. The first-order chi connectivity index (χ1) is 30.7. The number of hydrogen-bond acceptors (Lipinski definition) is 2. The Labute approximate surface area is 382 Å². The van der Waals surface area contributed by atoms with Crippen LogP contribution >= 0.6 is 0 Å². The summed E-state index contributed by atoms with van der Waals surface area (Å²) in [6.45, 7) is 28.6. The molecule has 64 heavy (non-hydrogen) atoms. The van der Waals surface area contributed by atoms with E-state index in [1.807, 2.05) is 0 Å². The van der Waals surface area contributed by atoms with E-state index in [1.54, 1.807) is 0 Å². The van der Waals surface area contributed by atoms with E-state index in [9.17, 15) is 0 Å². The first-order valence-corrected chi connectivity index (χ1v) is 28.0. The molecule has 0 atom stereocenters. The summed E-state index contributed by atoms with van der Waals surface area (Å²) in [6, 6.07) is 39.3. The third kappa shape index (κ3) is 6.81. The van der Waals surface area contributed by atoms with E-state index in [4.69, 9.17) is 9.97 Å². The minimum atomic E-state index is -2.15. The summed E-state index contributed by atoms with van der Waals surface area (Å²) in [5, 5.41) is 4.50. The number of aromatic amines is 2. The lowest BCUT2D eigenvalue weighted by atomic mass is 10.0. The highest BCUT2D eigenvalue weighted by Crippen LogP contribution is 2.46. The van der Waals surface area contributed by atoms with Crippen LogP contribution in [0.15, 0.2) is 109 Å². The Bertz CT molecular complexity index is 3020. The topological polar surface area (TPSA) is 57.4 Å². The quantitative estimate of drug-likeness (QED) is 0.129. The molecule has 8 bridgehead atoms. The zero-order valence-corrected chi connectivity index (χ0v) is 41.8. The number of nitrogens with zero attached hydrogens (tertiary/aromatic N) is 2. The summed E-state index contributed by atoms with van der Waals surface area (Å²) >= 11 is 0. The fourth-order valence-electron chi connectivity index (χ4n) is 11.9. The first kappa shape index (κ1) is 43.3. The van der Waals surface area contributed by atoms with E-state index in [2.05, 4.69) is 225 Å². The number of nitrogens with one attached hydrogen (secondary N) is 2. The molecule has 2 N–H and O–H groups in total. The van der Waals surface area contributed by atoms with E-state index < -0.39 is 16.1 Å². The van der Waals surface area contributed by atoms with Crippen molar-refractivity contribution in [3.8, 4) is 68.0 Å². The molecule has 7 aromatic rings. The molecule has 0 saturated carbocycles. The first-order valence-electron chi connectivity index (χ1n) is 23.5. The van der Waals surface area contributed by atoms with Crippen LogP contribution in [-0.2, 0) is 0 Å². The van der Waals surface area contributed by atoms with Crippen LogP contribution in [0, 0.1) is 22.9 Å². The van der Waals surface area contributed by atoms with Gasteiger partial charge < -0.3 is 9.97 Å². The highest BCUT2D eigenvalue weighted by Gasteiger charge is 2.43. The van der Waals surface area contributed by atoms with Crippen molar-refractivity contribution in [3.05, 3.63) is 120 Å². The number of benzene rings is 4. The smallest absolute Gasteiger partial charge is 0.146 e. The van der Waals surface area contributed by atoms with Crippen LogP contribution in [0.3, 0.4) is 0 Å². The van der Waals surface area contributed by atoms with Crippen LogP contribution in [0.4, 0.5) is 0 Å². The summed E-state index contributed by atoms with van der Waals surface area (Å²) < 4.78 is 0. The van der Waals surface area contributed by atoms with Gasteiger partial charge in [-0.2, -0.15) is 0 Å². The molecule has 5 heterocycles. The van der Waals surface area contributed by atoms with Crippen molar-refractivity contribution in [2.75, 3.05) is 0 Å².